The summed E-state index contributed by atoms with van der Waals surface area (Å²) in [6.07, 6.45) is 2.54. The van der Waals surface area contributed by atoms with Crippen LogP contribution >= 0.6 is 0 Å². The minimum atomic E-state index is -0.0367. The van der Waals surface area contributed by atoms with Gasteiger partial charge >= 0.3 is 0 Å². The molecule has 0 bridgehead atoms. The fraction of sp³-hybridized carbons (Fsp3) is 0.167. The third-order valence-electron chi connectivity index (χ3n) is 4.18. The molecule has 0 saturated carbocycles. The van der Waals surface area contributed by atoms with E-state index in [0.717, 1.165) is 34.6 Å². The molecule has 3 aromatic rings. The predicted molar refractivity (Wildman–Crippen MR) is 91.2 cm³/mol. The minimum Gasteiger partial charge on any atom is -0.356 e. The molecule has 2 aromatic heterocycles. The molecule has 1 aromatic carbocycles. The number of benzene rings is 1. The highest BCUT2D eigenvalue weighted by Crippen LogP contribution is 2.24. The molecule has 120 valence electrons. The molecule has 1 aliphatic heterocycles. The second-order valence-electron chi connectivity index (χ2n) is 5.75. The molecule has 4 N–H and O–H groups in total. The molecule has 24 heavy (non-hydrogen) atoms. The van der Waals surface area contributed by atoms with Crippen molar-refractivity contribution in [3.05, 3.63) is 59.4 Å². The monoisotopic (exact) mass is 319 g/mol. The zero-order valence-electron chi connectivity index (χ0n) is 13.0. The van der Waals surface area contributed by atoms with Gasteiger partial charge in [0.1, 0.15) is 0 Å². The van der Waals surface area contributed by atoms with Crippen LogP contribution in [0.1, 0.15) is 21.6 Å². The number of nitrogens with zero attached hydrogens (tertiary/aromatic N) is 2. The average molecular weight is 319 g/mol. The summed E-state index contributed by atoms with van der Waals surface area (Å²) in [6.45, 7) is 1.17. The molecular formula is C18H17N5O. The number of H-pyrrole nitrogens is 1. The first kappa shape index (κ1) is 14.6. The van der Waals surface area contributed by atoms with Crippen LogP contribution in [-0.2, 0) is 13.0 Å². The van der Waals surface area contributed by atoms with Crippen molar-refractivity contribution >= 4 is 5.91 Å². The first-order valence-electron chi connectivity index (χ1n) is 7.87. The summed E-state index contributed by atoms with van der Waals surface area (Å²) in [6, 6.07) is 11.6. The van der Waals surface area contributed by atoms with Gasteiger partial charge < -0.3 is 16.0 Å². The van der Waals surface area contributed by atoms with Crippen molar-refractivity contribution < 1.29 is 4.79 Å². The molecule has 6 heteroatoms. The van der Waals surface area contributed by atoms with Crippen molar-refractivity contribution in [1.29, 1.82) is 0 Å². The summed E-state index contributed by atoms with van der Waals surface area (Å²) >= 11 is 0. The molecule has 1 aliphatic rings. The van der Waals surface area contributed by atoms with Gasteiger partial charge in [0.25, 0.3) is 5.91 Å². The molecule has 1 amide bonds. The van der Waals surface area contributed by atoms with Crippen LogP contribution in [0, 0.1) is 0 Å². The van der Waals surface area contributed by atoms with Crippen molar-refractivity contribution in [1.82, 2.24) is 20.3 Å². The highest BCUT2D eigenvalue weighted by molar-refractivity contribution is 5.97. The van der Waals surface area contributed by atoms with Gasteiger partial charge in [-0.15, -0.1) is 0 Å². The molecule has 0 spiro atoms. The molecule has 4 rings (SSSR count). The van der Waals surface area contributed by atoms with E-state index in [1.54, 1.807) is 6.20 Å². The maximum atomic E-state index is 11.9. The largest absolute Gasteiger partial charge is 0.356 e. The molecule has 0 atom stereocenters. The van der Waals surface area contributed by atoms with Crippen LogP contribution in [-0.4, -0.2) is 27.4 Å². The number of aromatic nitrogens is 3. The number of hydrogen-bond acceptors (Lipinski definition) is 4. The number of rotatable bonds is 3. The van der Waals surface area contributed by atoms with Gasteiger partial charge in [0.15, 0.2) is 5.82 Å². The number of hydrogen-bond donors (Lipinski definition) is 3. The molecule has 0 aliphatic carbocycles. The summed E-state index contributed by atoms with van der Waals surface area (Å²) in [5, 5.41) is 2.85. The predicted octanol–water partition coefficient (Wildman–Crippen LogP) is 1.88. The smallest absolute Gasteiger partial charge is 0.253 e. The molecule has 3 heterocycles. The number of fused-ring (bicyclic) bond motifs is 1. The molecule has 0 radical (unpaired) electrons. The van der Waals surface area contributed by atoms with Crippen molar-refractivity contribution in [3.63, 3.8) is 0 Å². The zero-order valence-corrected chi connectivity index (χ0v) is 13.0. The van der Waals surface area contributed by atoms with E-state index in [1.807, 2.05) is 36.4 Å². The normalized spacial score (nSPS) is 13.5. The van der Waals surface area contributed by atoms with Crippen LogP contribution in [0.25, 0.3) is 22.8 Å². The lowest BCUT2D eigenvalue weighted by molar-refractivity contribution is 0.0946. The molecule has 0 saturated heterocycles. The third-order valence-corrected chi connectivity index (χ3v) is 4.18. The van der Waals surface area contributed by atoms with Crippen molar-refractivity contribution in [3.8, 4) is 22.8 Å². The maximum Gasteiger partial charge on any atom is 0.253 e. The standard InChI is InChI=1S/C18H17N5O/c19-10-11-1-3-12(4-2-11)17-20-7-6-15(23-17)16-9-13-14(22-16)5-8-21-18(13)24/h1-4,6-7,9,22H,5,8,10,19H2,(H,21,24). The van der Waals surface area contributed by atoms with Gasteiger partial charge in [-0.2, -0.15) is 0 Å². The van der Waals surface area contributed by atoms with Crippen LogP contribution in [0.3, 0.4) is 0 Å². The number of aromatic amines is 1. The van der Waals surface area contributed by atoms with E-state index in [1.165, 1.54) is 0 Å². The van der Waals surface area contributed by atoms with Gasteiger partial charge in [-0.3, -0.25) is 4.79 Å². The summed E-state index contributed by atoms with van der Waals surface area (Å²) < 4.78 is 0. The third kappa shape index (κ3) is 2.57. The maximum absolute atomic E-state index is 11.9. The highest BCUT2D eigenvalue weighted by Gasteiger charge is 2.20. The number of nitrogens with one attached hydrogen (secondary N) is 2. The summed E-state index contributed by atoms with van der Waals surface area (Å²) in [5.41, 5.74) is 10.9. The van der Waals surface area contributed by atoms with Crippen LogP contribution in [0.5, 0.6) is 0 Å². The van der Waals surface area contributed by atoms with Gasteiger partial charge in [-0.05, 0) is 17.7 Å². The van der Waals surface area contributed by atoms with E-state index >= 15 is 0 Å². The molecule has 6 nitrogen and oxygen atoms in total. The Labute approximate surface area is 139 Å². The van der Waals surface area contributed by atoms with E-state index in [4.69, 9.17) is 5.73 Å². The Kier molecular flexibility index (Phi) is 3.59. The minimum absolute atomic E-state index is 0.0367. The van der Waals surface area contributed by atoms with E-state index in [9.17, 15) is 4.79 Å². The number of nitrogens with two attached hydrogens (primary N) is 1. The Morgan fingerprint density at radius 3 is 2.75 bits per heavy atom. The van der Waals surface area contributed by atoms with E-state index in [0.29, 0.717) is 24.5 Å². The van der Waals surface area contributed by atoms with Gasteiger partial charge in [0.2, 0.25) is 0 Å². The quantitative estimate of drug-likeness (QED) is 0.687. The Morgan fingerprint density at radius 2 is 2.00 bits per heavy atom. The Hall–Kier alpha value is -2.99. The number of amides is 1. The Bertz CT molecular complexity index is 898. The van der Waals surface area contributed by atoms with Gasteiger partial charge in [-0.25, -0.2) is 9.97 Å². The summed E-state index contributed by atoms with van der Waals surface area (Å²) in [5.74, 6) is 0.610. The second-order valence-corrected chi connectivity index (χ2v) is 5.75. The fourth-order valence-electron chi connectivity index (χ4n) is 2.87. The SMILES string of the molecule is NCc1ccc(-c2nccc(-c3cc4c([nH]3)CCNC4=O)n2)cc1. The average Bonchev–Trinajstić information content (AvgIpc) is 3.08. The molecular weight excluding hydrogens is 302 g/mol. The first-order chi connectivity index (χ1) is 11.7. The highest BCUT2D eigenvalue weighted by atomic mass is 16.1. The van der Waals surface area contributed by atoms with Crippen LogP contribution in [0.2, 0.25) is 0 Å². The van der Waals surface area contributed by atoms with Gasteiger partial charge in [-0.1, -0.05) is 24.3 Å². The van der Waals surface area contributed by atoms with Crippen molar-refractivity contribution in [2.24, 2.45) is 5.73 Å². The molecule has 0 unspecified atom stereocenters. The summed E-state index contributed by atoms with van der Waals surface area (Å²) in [7, 11) is 0. The van der Waals surface area contributed by atoms with Gasteiger partial charge in [0.05, 0.1) is 17.0 Å². The lowest BCUT2D eigenvalue weighted by Crippen LogP contribution is -2.31. The second kappa shape index (κ2) is 5.90. The topological polar surface area (TPSA) is 96.7 Å². The van der Waals surface area contributed by atoms with Crippen molar-refractivity contribution in [2.75, 3.05) is 6.54 Å². The van der Waals surface area contributed by atoms with E-state index in [-0.39, 0.29) is 5.91 Å². The fourth-order valence-corrected chi connectivity index (χ4v) is 2.87. The number of carbonyl (C=O) groups excluding carboxylic acids is 1. The van der Waals surface area contributed by atoms with Crippen LogP contribution in [0.15, 0.2) is 42.6 Å². The van der Waals surface area contributed by atoms with Crippen molar-refractivity contribution in [2.45, 2.75) is 13.0 Å². The van der Waals surface area contributed by atoms with Crippen LogP contribution in [0.4, 0.5) is 0 Å². The zero-order chi connectivity index (χ0) is 16.5. The lowest BCUT2D eigenvalue weighted by Gasteiger charge is -2.10. The Morgan fingerprint density at radius 1 is 1.17 bits per heavy atom. The van der Waals surface area contributed by atoms with Crippen LogP contribution < -0.4 is 11.1 Å². The van der Waals surface area contributed by atoms with E-state index < -0.39 is 0 Å². The summed E-state index contributed by atoms with van der Waals surface area (Å²) in [4.78, 5) is 24.2. The molecule has 0 fully saturated rings. The number of carbonyl (C=O) groups is 1. The van der Waals surface area contributed by atoms with Gasteiger partial charge in [0, 0.05) is 37.0 Å². The first-order valence-corrected chi connectivity index (χ1v) is 7.87. The van der Waals surface area contributed by atoms with E-state index in [2.05, 4.69) is 20.3 Å². The lowest BCUT2D eigenvalue weighted by atomic mass is 10.1. The Balaban J connectivity index is 1.71.